The molecule has 1 aromatic carbocycles. The van der Waals surface area contributed by atoms with Crippen LogP contribution in [-0.2, 0) is 20.7 Å². The molecule has 8 heteroatoms. The SMILES string of the molecule is COc1cc2cc(c1Cl)N(C)C(=O)CCC1(C)OC1C(C)C1CC(CC=CC=C(C)C2)N(C)C(=O)O1. The molecule has 0 radical (unpaired) electrons. The summed E-state index contributed by atoms with van der Waals surface area (Å²) in [5.41, 5.74) is 2.37. The van der Waals surface area contributed by atoms with Gasteiger partial charge in [-0.1, -0.05) is 42.3 Å². The van der Waals surface area contributed by atoms with E-state index in [1.165, 1.54) is 0 Å². The number of fused-ring (bicyclic) bond motifs is 5. The number of ether oxygens (including phenoxy) is 3. The van der Waals surface area contributed by atoms with Gasteiger partial charge in [-0.05, 0) is 50.8 Å². The fourth-order valence-electron chi connectivity index (χ4n) is 5.37. The summed E-state index contributed by atoms with van der Waals surface area (Å²) in [7, 11) is 5.12. The molecule has 0 saturated carbocycles. The molecule has 0 spiro atoms. The monoisotopic (exact) mass is 516 g/mol. The Labute approximate surface area is 219 Å². The lowest BCUT2D eigenvalue weighted by molar-refractivity contribution is -0.118. The van der Waals surface area contributed by atoms with Crippen LogP contribution in [0.15, 0.2) is 35.9 Å². The first-order valence-corrected chi connectivity index (χ1v) is 13.0. The van der Waals surface area contributed by atoms with Crippen molar-refractivity contribution in [3.63, 3.8) is 0 Å². The second-order valence-electron chi connectivity index (χ2n) is 10.6. The van der Waals surface area contributed by atoms with E-state index in [4.69, 9.17) is 25.8 Å². The summed E-state index contributed by atoms with van der Waals surface area (Å²) in [6, 6.07) is 3.94. The van der Waals surface area contributed by atoms with Crippen LogP contribution in [0.2, 0.25) is 5.02 Å². The number of hydrogen-bond donors (Lipinski definition) is 0. The predicted molar refractivity (Wildman–Crippen MR) is 141 cm³/mol. The van der Waals surface area contributed by atoms with Crippen LogP contribution in [-0.4, -0.2) is 62.0 Å². The minimum Gasteiger partial charge on any atom is -0.495 e. The van der Waals surface area contributed by atoms with Crippen LogP contribution < -0.4 is 9.64 Å². The van der Waals surface area contributed by atoms with Crippen molar-refractivity contribution in [2.75, 3.05) is 26.1 Å². The van der Waals surface area contributed by atoms with E-state index < -0.39 is 5.60 Å². The molecule has 3 aliphatic heterocycles. The van der Waals surface area contributed by atoms with Crippen molar-refractivity contribution in [1.82, 2.24) is 4.90 Å². The Balaban J connectivity index is 1.65. The highest BCUT2D eigenvalue weighted by Crippen LogP contribution is 2.47. The van der Waals surface area contributed by atoms with E-state index >= 15 is 0 Å². The molecule has 2 amide bonds. The first-order chi connectivity index (χ1) is 17.0. The van der Waals surface area contributed by atoms with Gasteiger partial charge in [0.25, 0.3) is 0 Å². The Morgan fingerprint density at radius 1 is 1.22 bits per heavy atom. The first kappa shape index (κ1) is 26.6. The van der Waals surface area contributed by atoms with E-state index in [-0.39, 0.29) is 36.2 Å². The summed E-state index contributed by atoms with van der Waals surface area (Å²) >= 11 is 6.61. The zero-order valence-corrected chi connectivity index (χ0v) is 22.8. The van der Waals surface area contributed by atoms with Crippen LogP contribution in [0.1, 0.15) is 52.0 Å². The molecule has 0 N–H and O–H groups in total. The molecular weight excluding hydrogens is 480 g/mol. The maximum atomic E-state index is 13.2. The van der Waals surface area contributed by atoms with Gasteiger partial charge < -0.3 is 24.0 Å². The zero-order valence-electron chi connectivity index (χ0n) is 22.0. The van der Waals surface area contributed by atoms with Gasteiger partial charge in [-0.15, -0.1) is 0 Å². The number of allylic oxidation sites excluding steroid dienone is 3. The number of carbonyl (C=O) groups is 2. The number of nitrogens with zero attached hydrogens (tertiary/aromatic N) is 2. The zero-order chi connectivity index (χ0) is 26.2. The van der Waals surface area contributed by atoms with Crippen LogP contribution in [0.3, 0.4) is 0 Å². The second-order valence-corrected chi connectivity index (χ2v) is 10.9. The minimum absolute atomic E-state index is 0.0339. The van der Waals surface area contributed by atoms with E-state index in [1.54, 1.807) is 31.0 Å². The van der Waals surface area contributed by atoms with Gasteiger partial charge in [0.15, 0.2) is 0 Å². The molecule has 7 nitrogen and oxygen atoms in total. The third kappa shape index (κ3) is 5.42. The molecule has 5 atom stereocenters. The topological polar surface area (TPSA) is 71.6 Å². The molecule has 1 aromatic rings. The number of epoxide rings is 1. The highest BCUT2D eigenvalue weighted by molar-refractivity contribution is 6.35. The minimum atomic E-state index is -0.422. The number of rotatable bonds is 1. The first-order valence-electron chi connectivity index (χ1n) is 12.6. The standard InChI is InChI=1S/C28H37ClN2O5/c1-17-9-7-8-10-20-16-22(35-27(33)30(20)4)18(2)26-28(3,36-26)12-11-24(32)31(5)21-14-19(13-17)15-23(34-6)25(21)29/h7-9,14-15,18,20,22,26H,10-13,16H2,1-6H3. The average Bonchev–Trinajstić information content (AvgIpc) is 3.53. The molecule has 196 valence electrons. The quantitative estimate of drug-likeness (QED) is 0.458. The molecule has 5 unspecified atom stereocenters. The van der Waals surface area contributed by atoms with Gasteiger partial charge in [-0.25, -0.2) is 4.79 Å². The van der Waals surface area contributed by atoms with Crippen molar-refractivity contribution in [2.24, 2.45) is 5.92 Å². The average molecular weight is 517 g/mol. The van der Waals surface area contributed by atoms with E-state index in [9.17, 15) is 9.59 Å². The molecule has 3 heterocycles. The number of hydrogen-bond acceptors (Lipinski definition) is 5. The van der Waals surface area contributed by atoms with Crippen molar-refractivity contribution in [3.8, 4) is 5.75 Å². The number of methoxy groups -OCH3 is 1. The molecule has 0 aliphatic carbocycles. The third-order valence-corrected chi connectivity index (χ3v) is 8.26. The van der Waals surface area contributed by atoms with Gasteiger partial charge in [0.1, 0.15) is 16.9 Å². The van der Waals surface area contributed by atoms with E-state index in [1.807, 2.05) is 25.1 Å². The Kier molecular flexibility index (Phi) is 7.72. The number of anilines is 1. The summed E-state index contributed by atoms with van der Waals surface area (Å²) in [5.74, 6) is 0.536. The highest BCUT2D eigenvalue weighted by Gasteiger charge is 2.57. The maximum absolute atomic E-state index is 13.2. The van der Waals surface area contributed by atoms with Gasteiger partial charge in [0.05, 0.1) is 24.5 Å². The van der Waals surface area contributed by atoms with Gasteiger partial charge in [-0.3, -0.25) is 4.79 Å². The number of amides is 2. The summed E-state index contributed by atoms with van der Waals surface area (Å²) in [5, 5.41) is 0.420. The highest BCUT2D eigenvalue weighted by atomic mass is 35.5. The number of carbonyl (C=O) groups excluding carboxylic acids is 2. The summed E-state index contributed by atoms with van der Waals surface area (Å²) < 4.78 is 17.4. The molecule has 36 heavy (non-hydrogen) atoms. The molecule has 0 aromatic heterocycles. The van der Waals surface area contributed by atoms with Crippen molar-refractivity contribution in [2.45, 2.75) is 76.7 Å². The molecule has 3 aliphatic rings. The smallest absolute Gasteiger partial charge is 0.410 e. The van der Waals surface area contributed by atoms with Crippen LogP contribution in [0, 0.1) is 5.92 Å². The van der Waals surface area contributed by atoms with E-state index in [0.717, 1.165) is 24.0 Å². The van der Waals surface area contributed by atoms with Crippen LogP contribution in [0.25, 0.3) is 0 Å². The Morgan fingerprint density at radius 3 is 2.69 bits per heavy atom. The lowest BCUT2D eigenvalue weighted by Crippen LogP contribution is -2.49. The normalized spacial score (nSPS) is 31.5. The van der Waals surface area contributed by atoms with Crippen LogP contribution >= 0.6 is 11.6 Å². The fraction of sp³-hybridized carbons (Fsp3) is 0.571. The third-order valence-electron chi connectivity index (χ3n) is 7.88. The summed E-state index contributed by atoms with van der Waals surface area (Å²) in [6.45, 7) is 6.18. The lowest BCUT2D eigenvalue weighted by Gasteiger charge is -2.38. The molecule has 4 bridgehead atoms. The van der Waals surface area contributed by atoms with Crippen molar-refractivity contribution >= 4 is 29.3 Å². The number of halogens is 1. The van der Waals surface area contributed by atoms with Crippen molar-refractivity contribution in [3.05, 3.63) is 46.5 Å². The predicted octanol–water partition coefficient (Wildman–Crippen LogP) is 5.54. The van der Waals surface area contributed by atoms with Gasteiger partial charge in [-0.2, -0.15) is 0 Å². The van der Waals surface area contributed by atoms with E-state index in [0.29, 0.717) is 35.7 Å². The van der Waals surface area contributed by atoms with Crippen LogP contribution in [0.4, 0.5) is 10.5 Å². The van der Waals surface area contributed by atoms with Crippen molar-refractivity contribution in [1.29, 1.82) is 0 Å². The van der Waals surface area contributed by atoms with Gasteiger partial charge in [0, 0.05) is 38.9 Å². The Bertz CT molecular complexity index is 1090. The van der Waals surface area contributed by atoms with Gasteiger partial charge in [0.2, 0.25) is 5.91 Å². The lowest BCUT2D eigenvalue weighted by atomic mass is 9.86. The van der Waals surface area contributed by atoms with Crippen LogP contribution in [0.5, 0.6) is 5.75 Å². The second kappa shape index (κ2) is 10.5. The molecule has 2 fully saturated rings. The largest absolute Gasteiger partial charge is 0.495 e. The summed E-state index contributed by atoms with van der Waals surface area (Å²) in [4.78, 5) is 29.1. The fourth-order valence-corrected chi connectivity index (χ4v) is 5.68. The summed E-state index contributed by atoms with van der Waals surface area (Å²) in [6.07, 6.45) is 8.74. The number of benzene rings is 1. The molecule has 2 saturated heterocycles. The van der Waals surface area contributed by atoms with Crippen molar-refractivity contribution < 1.29 is 23.8 Å². The Hall–Kier alpha value is -2.51. The van der Waals surface area contributed by atoms with Gasteiger partial charge >= 0.3 is 6.09 Å². The Morgan fingerprint density at radius 2 is 1.97 bits per heavy atom. The maximum Gasteiger partial charge on any atom is 0.410 e. The van der Waals surface area contributed by atoms with E-state index in [2.05, 4.69) is 26.0 Å². The molecular formula is C28H37ClN2O5. The molecule has 4 rings (SSSR count).